The highest BCUT2D eigenvalue weighted by Gasteiger charge is 2.27. The van der Waals surface area contributed by atoms with Gasteiger partial charge in [0.2, 0.25) is 5.91 Å². The van der Waals surface area contributed by atoms with Crippen molar-refractivity contribution in [3.63, 3.8) is 0 Å². The second-order valence-corrected chi connectivity index (χ2v) is 9.05. The van der Waals surface area contributed by atoms with Crippen LogP contribution in [0.3, 0.4) is 0 Å². The molecule has 0 aromatic rings. The molecule has 0 rings (SSSR count). The van der Waals surface area contributed by atoms with Gasteiger partial charge in [-0.15, -0.1) is 0 Å². The van der Waals surface area contributed by atoms with Gasteiger partial charge in [0.05, 0.1) is 39.9 Å². The van der Waals surface area contributed by atoms with Crippen molar-refractivity contribution in [1.29, 1.82) is 0 Å². The number of phosphoric ester groups is 1. The fourth-order valence-corrected chi connectivity index (χ4v) is 2.76. The molecule has 27 heavy (non-hydrogen) atoms. The minimum atomic E-state index is -4.26. The molecule has 0 bridgehead atoms. The van der Waals surface area contributed by atoms with Crippen LogP contribution in [0.15, 0.2) is 12.2 Å². The Morgan fingerprint density at radius 1 is 1.22 bits per heavy atom. The number of aliphatic hydroxyl groups excluding tert-OH is 1. The first-order chi connectivity index (χ1) is 12.5. The predicted molar refractivity (Wildman–Crippen MR) is 106 cm³/mol. The van der Waals surface area contributed by atoms with Gasteiger partial charge in [-0.05, 0) is 12.8 Å². The van der Waals surface area contributed by atoms with Gasteiger partial charge in [-0.1, -0.05) is 38.8 Å². The van der Waals surface area contributed by atoms with E-state index in [0.717, 1.165) is 25.7 Å². The first kappa shape index (κ1) is 26.2. The molecule has 3 atom stereocenters. The summed E-state index contributed by atoms with van der Waals surface area (Å²) in [4.78, 5) is 21.8. The fraction of sp³-hybridized carbons (Fsp3) is 0.833. The third-order valence-corrected chi connectivity index (χ3v) is 4.72. The third-order valence-electron chi connectivity index (χ3n) is 3.74. The Kier molecular flexibility index (Phi) is 13.0. The van der Waals surface area contributed by atoms with E-state index in [4.69, 9.17) is 9.05 Å². The molecule has 0 radical (unpaired) electrons. The van der Waals surface area contributed by atoms with Crippen LogP contribution in [0, 0.1) is 0 Å². The molecule has 8 nitrogen and oxygen atoms in total. The maximum atomic E-state index is 12.0. The number of likely N-dealkylation sites (N-methyl/N-ethyl adjacent to an activating group) is 1. The number of amides is 1. The monoisotopic (exact) mass is 409 g/mol. The lowest BCUT2D eigenvalue weighted by Gasteiger charge is -2.25. The van der Waals surface area contributed by atoms with E-state index < -0.39 is 20.0 Å². The molecule has 1 amide bonds. The molecule has 0 aliphatic rings. The van der Waals surface area contributed by atoms with Gasteiger partial charge < -0.3 is 19.8 Å². The Morgan fingerprint density at radius 3 is 2.44 bits per heavy atom. The zero-order chi connectivity index (χ0) is 20.9. The summed E-state index contributed by atoms with van der Waals surface area (Å²) in [5.74, 6) is -0.230. The van der Waals surface area contributed by atoms with E-state index in [-0.39, 0.29) is 19.1 Å². The van der Waals surface area contributed by atoms with Gasteiger partial charge in [0.15, 0.2) is 0 Å². The minimum Gasteiger partial charge on any atom is -0.387 e. The highest BCUT2D eigenvalue weighted by molar-refractivity contribution is 7.47. The smallest absolute Gasteiger partial charge is 0.387 e. The Hall–Kier alpha value is -0.760. The second-order valence-electron chi connectivity index (χ2n) is 7.60. The van der Waals surface area contributed by atoms with Crippen molar-refractivity contribution >= 4 is 13.7 Å². The Labute approximate surface area is 163 Å². The number of rotatable bonds is 15. The van der Waals surface area contributed by atoms with Gasteiger partial charge in [0.25, 0.3) is 0 Å². The van der Waals surface area contributed by atoms with Gasteiger partial charge >= 0.3 is 7.82 Å². The molecule has 0 aliphatic heterocycles. The summed E-state index contributed by atoms with van der Waals surface area (Å²) in [5.41, 5.74) is 0. The van der Waals surface area contributed by atoms with Crippen molar-refractivity contribution in [2.75, 3.05) is 40.9 Å². The van der Waals surface area contributed by atoms with E-state index in [2.05, 4.69) is 5.32 Å². The Bertz CT molecular complexity index is 493. The largest absolute Gasteiger partial charge is 0.472 e. The maximum absolute atomic E-state index is 12.0. The summed E-state index contributed by atoms with van der Waals surface area (Å²) < 4.78 is 22.6. The summed E-state index contributed by atoms with van der Waals surface area (Å²) in [6.07, 6.45) is 6.01. The van der Waals surface area contributed by atoms with Crippen molar-refractivity contribution < 1.29 is 32.9 Å². The van der Waals surface area contributed by atoms with Crippen molar-refractivity contribution in [3.05, 3.63) is 12.2 Å². The summed E-state index contributed by atoms with van der Waals surface area (Å²) >= 11 is 0. The van der Waals surface area contributed by atoms with Crippen LogP contribution in [-0.4, -0.2) is 73.4 Å². The van der Waals surface area contributed by atoms with E-state index in [1.54, 1.807) is 6.08 Å². The number of allylic oxidation sites excluding steroid dienone is 1. The first-order valence-electron chi connectivity index (χ1n) is 9.57. The topological polar surface area (TPSA) is 105 Å². The van der Waals surface area contributed by atoms with Gasteiger partial charge in [-0.2, -0.15) is 0 Å². The zero-order valence-corrected chi connectivity index (χ0v) is 18.3. The quantitative estimate of drug-likeness (QED) is 0.218. The second kappa shape index (κ2) is 13.4. The molecule has 0 aliphatic carbocycles. The number of carbonyl (C=O) groups is 1. The highest BCUT2D eigenvalue weighted by Crippen LogP contribution is 2.43. The summed E-state index contributed by atoms with van der Waals surface area (Å²) in [6, 6.07) is -0.829. The van der Waals surface area contributed by atoms with Crippen LogP contribution in [-0.2, 0) is 18.4 Å². The number of quaternary nitrogens is 1. The molecule has 0 saturated carbocycles. The molecule has 3 N–H and O–H groups in total. The van der Waals surface area contributed by atoms with E-state index in [0.29, 0.717) is 17.4 Å². The third kappa shape index (κ3) is 14.9. The lowest BCUT2D eigenvalue weighted by Crippen LogP contribution is -2.45. The number of nitrogens with one attached hydrogen (secondary N) is 1. The number of carbonyl (C=O) groups excluding carboxylic acids is 1. The number of hydrogen-bond donors (Lipinski definition) is 3. The zero-order valence-electron chi connectivity index (χ0n) is 17.4. The van der Waals surface area contributed by atoms with Crippen LogP contribution in [0.2, 0.25) is 0 Å². The van der Waals surface area contributed by atoms with Crippen LogP contribution in [0.1, 0.15) is 46.0 Å². The van der Waals surface area contributed by atoms with E-state index >= 15 is 0 Å². The molecule has 0 spiro atoms. The molecule has 0 fully saturated rings. The predicted octanol–water partition coefficient (Wildman–Crippen LogP) is 2.22. The highest BCUT2D eigenvalue weighted by atomic mass is 31.2. The summed E-state index contributed by atoms with van der Waals surface area (Å²) in [7, 11) is 1.55. The van der Waals surface area contributed by atoms with Gasteiger partial charge in [0.1, 0.15) is 13.2 Å². The lowest BCUT2D eigenvalue weighted by molar-refractivity contribution is -0.870. The molecular formula is C18H38N2O6P+. The van der Waals surface area contributed by atoms with Gasteiger partial charge in [-0.25, -0.2) is 4.57 Å². The van der Waals surface area contributed by atoms with Crippen molar-refractivity contribution in [2.45, 2.75) is 58.1 Å². The first-order valence-corrected chi connectivity index (χ1v) is 11.1. The minimum absolute atomic E-state index is 0.0593. The van der Waals surface area contributed by atoms with Crippen LogP contribution in [0.25, 0.3) is 0 Å². The molecule has 0 aromatic carbocycles. The fourth-order valence-electron chi connectivity index (χ4n) is 2.02. The molecule has 3 unspecified atom stereocenters. The van der Waals surface area contributed by atoms with Crippen molar-refractivity contribution in [1.82, 2.24) is 5.32 Å². The summed E-state index contributed by atoms with van der Waals surface area (Å²) in [6.45, 7) is 4.26. The van der Waals surface area contributed by atoms with Crippen LogP contribution in [0.5, 0.6) is 0 Å². The molecule has 0 aromatic heterocycles. The van der Waals surface area contributed by atoms with Gasteiger partial charge in [-0.3, -0.25) is 13.8 Å². The van der Waals surface area contributed by atoms with Crippen LogP contribution < -0.4 is 5.32 Å². The lowest BCUT2D eigenvalue weighted by atomic mass is 10.1. The summed E-state index contributed by atoms with van der Waals surface area (Å²) in [5, 5.41) is 13.0. The van der Waals surface area contributed by atoms with E-state index in [1.807, 2.05) is 41.1 Å². The van der Waals surface area contributed by atoms with Crippen LogP contribution in [0.4, 0.5) is 0 Å². The number of unbranched alkanes of at least 4 members (excludes halogenated alkanes) is 2. The normalized spacial score (nSPS) is 16.9. The molecule has 9 heteroatoms. The van der Waals surface area contributed by atoms with E-state index in [1.165, 1.54) is 0 Å². The van der Waals surface area contributed by atoms with Crippen molar-refractivity contribution in [3.8, 4) is 0 Å². The number of nitrogens with zero attached hydrogens (tertiary/aromatic N) is 1. The van der Waals surface area contributed by atoms with Crippen LogP contribution >= 0.6 is 7.82 Å². The number of phosphoric acid groups is 1. The maximum Gasteiger partial charge on any atom is 0.472 e. The van der Waals surface area contributed by atoms with Crippen molar-refractivity contribution in [2.24, 2.45) is 0 Å². The Morgan fingerprint density at radius 2 is 1.89 bits per heavy atom. The number of aliphatic hydroxyl groups is 1. The molecule has 0 heterocycles. The standard InChI is InChI=1S/C18H37N2O6P/c1-6-8-10-11-17(21)16(19-18(22)12-9-7-2)15-26-27(23,24)25-14-13-20(3,4)5/h10-11,16-17,21H,6-9,12-15H2,1-5H3,(H-,19,22,23,24)/p+1/b11-10+. The molecule has 0 saturated heterocycles. The average molecular weight is 409 g/mol. The molecule has 160 valence electrons. The number of hydrogen-bond acceptors (Lipinski definition) is 5. The average Bonchev–Trinajstić information content (AvgIpc) is 2.55. The SMILES string of the molecule is CCC/C=C/C(O)C(COP(=O)(O)OCC[N+](C)(C)C)NC(=O)CCCC. The Balaban J connectivity index is 4.75. The van der Waals surface area contributed by atoms with Gasteiger partial charge in [0, 0.05) is 6.42 Å². The molecular weight excluding hydrogens is 371 g/mol. The van der Waals surface area contributed by atoms with E-state index in [9.17, 15) is 19.4 Å².